The first-order valence-corrected chi connectivity index (χ1v) is 8.91. The second kappa shape index (κ2) is 5.87. The predicted molar refractivity (Wildman–Crippen MR) is 84.3 cm³/mol. The van der Waals surface area contributed by atoms with Gasteiger partial charge in [-0.05, 0) is 47.3 Å². The summed E-state index contributed by atoms with van der Waals surface area (Å²) in [5, 5.41) is 10.6. The van der Waals surface area contributed by atoms with E-state index in [-0.39, 0.29) is 5.78 Å². The number of halogens is 1. The molecule has 2 aliphatic rings. The van der Waals surface area contributed by atoms with E-state index < -0.39 is 5.60 Å². The van der Waals surface area contributed by atoms with E-state index in [2.05, 4.69) is 20.8 Å². The van der Waals surface area contributed by atoms with E-state index in [4.69, 9.17) is 0 Å². The molecule has 0 spiro atoms. The first-order valence-electron chi connectivity index (χ1n) is 7.30. The molecule has 1 aromatic rings. The van der Waals surface area contributed by atoms with Crippen LogP contribution in [0.1, 0.15) is 41.8 Å². The van der Waals surface area contributed by atoms with Crippen LogP contribution in [0.5, 0.6) is 0 Å². The van der Waals surface area contributed by atoms with Gasteiger partial charge in [-0.25, -0.2) is 0 Å². The molecule has 0 radical (unpaired) electrons. The molecule has 2 atom stereocenters. The smallest absolute Gasteiger partial charge is 0.186 e. The standard InChI is InChI=1S/C15H20BrNO2S/c16-14-5-4-13(20-14)12(18)10-17-8-7-15(19)6-2-1-3-11(15)9-17/h4-5,11,19H,1-3,6-10H2. The average molecular weight is 358 g/mol. The van der Waals surface area contributed by atoms with Gasteiger partial charge in [-0.3, -0.25) is 9.69 Å². The molecular weight excluding hydrogens is 338 g/mol. The average Bonchev–Trinajstić information content (AvgIpc) is 2.86. The third kappa shape index (κ3) is 3.01. The Balaban J connectivity index is 1.61. The van der Waals surface area contributed by atoms with Gasteiger partial charge in [-0.2, -0.15) is 0 Å². The van der Waals surface area contributed by atoms with Gasteiger partial charge in [0, 0.05) is 19.0 Å². The van der Waals surface area contributed by atoms with Crippen molar-refractivity contribution in [1.29, 1.82) is 0 Å². The molecule has 1 N–H and O–H groups in total. The number of likely N-dealkylation sites (tertiary alicyclic amines) is 1. The van der Waals surface area contributed by atoms with Gasteiger partial charge in [0.1, 0.15) is 0 Å². The van der Waals surface area contributed by atoms with E-state index in [0.717, 1.165) is 47.4 Å². The summed E-state index contributed by atoms with van der Waals surface area (Å²) in [5.41, 5.74) is -0.455. The molecule has 1 saturated heterocycles. The van der Waals surface area contributed by atoms with Gasteiger partial charge in [0.05, 0.1) is 20.8 Å². The minimum Gasteiger partial charge on any atom is -0.390 e. The summed E-state index contributed by atoms with van der Waals surface area (Å²) in [6, 6.07) is 3.81. The molecule has 110 valence electrons. The summed E-state index contributed by atoms with van der Waals surface area (Å²) < 4.78 is 1.00. The second-order valence-corrected chi connectivity index (χ2v) is 8.52. The molecule has 0 aromatic carbocycles. The zero-order valence-electron chi connectivity index (χ0n) is 11.5. The molecule has 2 unspecified atom stereocenters. The number of carbonyl (C=O) groups excluding carboxylic acids is 1. The van der Waals surface area contributed by atoms with Crippen molar-refractivity contribution in [1.82, 2.24) is 4.90 Å². The number of thiophene rings is 1. The van der Waals surface area contributed by atoms with E-state index in [9.17, 15) is 9.90 Å². The minimum absolute atomic E-state index is 0.196. The first-order chi connectivity index (χ1) is 9.57. The second-order valence-electron chi connectivity index (χ2n) is 6.06. The number of carbonyl (C=O) groups is 1. The lowest BCUT2D eigenvalue weighted by atomic mass is 9.71. The van der Waals surface area contributed by atoms with Crippen LogP contribution in [0.25, 0.3) is 0 Å². The number of hydrogen-bond donors (Lipinski definition) is 1. The van der Waals surface area contributed by atoms with Gasteiger partial charge in [-0.1, -0.05) is 12.8 Å². The fraction of sp³-hybridized carbons (Fsp3) is 0.667. The van der Waals surface area contributed by atoms with Crippen molar-refractivity contribution < 1.29 is 9.90 Å². The summed E-state index contributed by atoms with van der Waals surface area (Å²) in [6.45, 7) is 2.19. The lowest BCUT2D eigenvalue weighted by molar-refractivity contribution is -0.0936. The van der Waals surface area contributed by atoms with Crippen LogP contribution in [0.4, 0.5) is 0 Å². The van der Waals surface area contributed by atoms with E-state index in [1.807, 2.05) is 12.1 Å². The lowest BCUT2D eigenvalue weighted by Gasteiger charge is -2.47. The normalized spacial score (nSPS) is 31.0. The van der Waals surface area contributed by atoms with E-state index in [1.54, 1.807) is 0 Å². The van der Waals surface area contributed by atoms with Gasteiger partial charge in [0.15, 0.2) is 5.78 Å². The monoisotopic (exact) mass is 357 g/mol. The molecule has 1 saturated carbocycles. The quantitative estimate of drug-likeness (QED) is 0.843. The summed E-state index contributed by atoms with van der Waals surface area (Å²) in [7, 11) is 0. The Labute approximate surface area is 132 Å². The number of hydrogen-bond acceptors (Lipinski definition) is 4. The van der Waals surface area contributed by atoms with E-state index >= 15 is 0 Å². The summed E-state index contributed by atoms with van der Waals surface area (Å²) >= 11 is 4.90. The molecule has 2 heterocycles. The summed E-state index contributed by atoms with van der Waals surface area (Å²) in [4.78, 5) is 15.3. The molecule has 20 heavy (non-hydrogen) atoms. The van der Waals surface area contributed by atoms with Crippen LogP contribution in [0.2, 0.25) is 0 Å². The van der Waals surface area contributed by atoms with Gasteiger partial charge < -0.3 is 5.11 Å². The zero-order valence-corrected chi connectivity index (χ0v) is 13.9. The maximum absolute atomic E-state index is 12.3. The van der Waals surface area contributed by atoms with Crippen molar-refractivity contribution in [3.05, 3.63) is 20.8 Å². The van der Waals surface area contributed by atoms with Gasteiger partial charge in [0.2, 0.25) is 0 Å². The molecular formula is C15H20BrNO2S. The SMILES string of the molecule is O=C(CN1CCC2(O)CCCCC2C1)c1ccc(Br)s1. The third-order valence-corrected chi connectivity index (χ3v) is 6.39. The number of piperidine rings is 1. The van der Waals surface area contributed by atoms with Gasteiger partial charge in [-0.15, -0.1) is 11.3 Å². The number of Topliss-reactive ketones (excluding diaryl/α,β-unsaturated/α-hetero) is 1. The minimum atomic E-state index is -0.455. The fourth-order valence-electron chi connectivity index (χ4n) is 3.53. The molecule has 0 amide bonds. The molecule has 2 fully saturated rings. The first kappa shape index (κ1) is 14.7. The number of fused-ring (bicyclic) bond motifs is 1. The van der Waals surface area contributed by atoms with Crippen LogP contribution in [-0.2, 0) is 0 Å². The number of aliphatic hydroxyl groups is 1. The molecule has 1 aliphatic carbocycles. The molecule has 5 heteroatoms. The summed E-state index contributed by atoms with van der Waals surface area (Å²) in [5.74, 6) is 0.551. The van der Waals surface area contributed by atoms with Crippen molar-refractivity contribution in [2.45, 2.75) is 37.7 Å². The Bertz CT molecular complexity index is 504. The number of ketones is 1. The number of rotatable bonds is 3. The molecule has 3 nitrogen and oxygen atoms in total. The third-order valence-electron chi connectivity index (χ3n) is 4.73. The van der Waals surface area contributed by atoms with Crippen LogP contribution in [0, 0.1) is 5.92 Å². The molecule has 1 aliphatic heterocycles. The van der Waals surface area contributed by atoms with Crippen LogP contribution in [0.3, 0.4) is 0 Å². The van der Waals surface area contributed by atoms with Gasteiger partial charge in [0.25, 0.3) is 0 Å². The fourth-order valence-corrected chi connectivity index (χ4v) is 4.84. The Morgan fingerprint density at radius 1 is 1.45 bits per heavy atom. The lowest BCUT2D eigenvalue weighted by Crippen LogP contribution is -2.54. The van der Waals surface area contributed by atoms with Crippen molar-refractivity contribution >= 4 is 33.0 Å². The van der Waals surface area contributed by atoms with Gasteiger partial charge >= 0.3 is 0 Å². The molecule has 1 aromatic heterocycles. The predicted octanol–water partition coefficient (Wildman–Crippen LogP) is 3.32. The highest BCUT2D eigenvalue weighted by atomic mass is 79.9. The van der Waals surface area contributed by atoms with Crippen molar-refractivity contribution in [2.75, 3.05) is 19.6 Å². The largest absolute Gasteiger partial charge is 0.390 e. The van der Waals surface area contributed by atoms with E-state index in [0.29, 0.717) is 12.5 Å². The highest BCUT2D eigenvalue weighted by molar-refractivity contribution is 9.11. The van der Waals surface area contributed by atoms with Crippen molar-refractivity contribution in [3.63, 3.8) is 0 Å². The highest BCUT2D eigenvalue weighted by Crippen LogP contribution is 2.39. The van der Waals surface area contributed by atoms with Crippen LogP contribution in [-0.4, -0.2) is 41.0 Å². The molecule has 3 rings (SSSR count). The maximum Gasteiger partial charge on any atom is 0.186 e. The topological polar surface area (TPSA) is 40.5 Å². The molecule has 0 bridgehead atoms. The van der Waals surface area contributed by atoms with Crippen molar-refractivity contribution in [2.24, 2.45) is 5.92 Å². The number of nitrogens with zero attached hydrogens (tertiary/aromatic N) is 1. The van der Waals surface area contributed by atoms with Crippen LogP contribution < -0.4 is 0 Å². The Morgan fingerprint density at radius 2 is 2.30 bits per heavy atom. The zero-order chi connectivity index (χ0) is 14.2. The highest BCUT2D eigenvalue weighted by Gasteiger charge is 2.42. The maximum atomic E-state index is 12.3. The van der Waals surface area contributed by atoms with Crippen LogP contribution in [0.15, 0.2) is 15.9 Å². The Kier molecular flexibility index (Phi) is 4.32. The van der Waals surface area contributed by atoms with E-state index in [1.165, 1.54) is 17.8 Å². The Hall–Kier alpha value is -0.230. The van der Waals surface area contributed by atoms with Crippen molar-refractivity contribution in [3.8, 4) is 0 Å². The van der Waals surface area contributed by atoms with Crippen LogP contribution >= 0.6 is 27.3 Å². The summed E-state index contributed by atoms with van der Waals surface area (Å²) in [6.07, 6.45) is 5.23. The Morgan fingerprint density at radius 3 is 3.05 bits per heavy atom.